The lowest BCUT2D eigenvalue weighted by molar-refractivity contribution is -0.183. The maximum atomic E-state index is 13.2. The summed E-state index contributed by atoms with van der Waals surface area (Å²) >= 11 is 0. The van der Waals surface area contributed by atoms with Gasteiger partial charge in [-0.25, -0.2) is 0 Å². The molecule has 1 aromatic carbocycles. The van der Waals surface area contributed by atoms with Crippen molar-refractivity contribution in [2.24, 2.45) is 0 Å². The van der Waals surface area contributed by atoms with Gasteiger partial charge in [0.15, 0.2) is 0 Å². The van der Waals surface area contributed by atoms with Crippen LogP contribution in [0.4, 0.5) is 13.2 Å². The predicted molar refractivity (Wildman–Crippen MR) is 77.8 cm³/mol. The van der Waals surface area contributed by atoms with Crippen molar-refractivity contribution in [1.29, 1.82) is 0 Å². The zero-order valence-electron chi connectivity index (χ0n) is 12.4. The Morgan fingerprint density at radius 3 is 2.55 bits per heavy atom. The van der Waals surface area contributed by atoms with Crippen molar-refractivity contribution < 1.29 is 18.0 Å². The van der Waals surface area contributed by atoms with Crippen molar-refractivity contribution in [2.75, 3.05) is 32.7 Å². The first-order chi connectivity index (χ1) is 10.4. The number of benzene rings is 1. The number of aryl methyl sites for hydroxylation is 1. The third kappa shape index (κ3) is 4.20. The number of nitrogens with zero attached hydrogens (tertiary/aromatic N) is 1. The Hall–Kier alpha value is -1.60. The third-order valence-corrected chi connectivity index (χ3v) is 3.82. The smallest absolute Gasteiger partial charge is 0.350 e. The normalized spacial score (nSPS) is 18.0. The molecule has 1 aliphatic rings. The lowest BCUT2D eigenvalue weighted by atomic mass is 10.1. The van der Waals surface area contributed by atoms with Crippen LogP contribution in [0.3, 0.4) is 0 Å². The molecule has 1 aliphatic heterocycles. The molecular weight excluding hydrogens is 295 g/mol. The molecule has 2 N–H and O–H groups in total. The maximum absolute atomic E-state index is 13.2. The van der Waals surface area contributed by atoms with Gasteiger partial charge in [-0.3, -0.25) is 9.69 Å². The average molecular weight is 315 g/mol. The second kappa shape index (κ2) is 7.11. The van der Waals surface area contributed by atoms with Crippen LogP contribution in [0.2, 0.25) is 0 Å². The van der Waals surface area contributed by atoms with Crippen molar-refractivity contribution in [2.45, 2.75) is 19.1 Å². The zero-order chi connectivity index (χ0) is 16.2. The van der Waals surface area contributed by atoms with Crippen LogP contribution in [0.5, 0.6) is 0 Å². The number of hydrogen-bond donors (Lipinski definition) is 2. The fourth-order valence-corrected chi connectivity index (χ4v) is 2.56. The van der Waals surface area contributed by atoms with E-state index in [-0.39, 0.29) is 0 Å². The van der Waals surface area contributed by atoms with Gasteiger partial charge in [0.1, 0.15) is 6.04 Å². The van der Waals surface area contributed by atoms with Crippen LogP contribution < -0.4 is 10.6 Å². The summed E-state index contributed by atoms with van der Waals surface area (Å²) in [6, 6.07) is 5.19. The van der Waals surface area contributed by atoms with E-state index in [1.807, 2.05) is 0 Å². The van der Waals surface area contributed by atoms with Gasteiger partial charge < -0.3 is 10.6 Å². The number of alkyl halides is 3. The first kappa shape index (κ1) is 16.8. The van der Waals surface area contributed by atoms with Crippen LogP contribution >= 0.6 is 0 Å². The van der Waals surface area contributed by atoms with Crippen LogP contribution in [0.1, 0.15) is 15.9 Å². The van der Waals surface area contributed by atoms with E-state index in [1.165, 1.54) is 4.90 Å². The molecular formula is C15H20F3N3O. The summed E-state index contributed by atoms with van der Waals surface area (Å²) in [6.45, 7) is 3.02. The van der Waals surface area contributed by atoms with E-state index in [2.05, 4.69) is 10.6 Å². The molecule has 1 atom stereocenters. The molecule has 0 aromatic heterocycles. The summed E-state index contributed by atoms with van der Waals surface area (Å²) in [5, 5.41) is 5.45. The first-order valence-corrected chi connectivity index (χ1v) is 7.25. The minimum Gasteiger partial charge on any atom is -0.350 e. The summed E-state index contributed by atoms with van der Waals surface area (Å²) < 4.78 is 39.7. The van der Waals surface area contributed by atoms with Crippen molar-refractivity contribution in [3.05, 3.63) is 35.4 Å². The van der Waals surface area contributed by atoms with Crippen molar-refractivity contribution in [3.8, 4) is 0 Å². The van der Waals surface area contributed by atoms with Crippen LogP contribution in [0.15, 0.2) is 24.3 Å². The Morgan fingerprint density at radius 2 is 1.95 bits per heavy atom. The summed E-state index contributed by atoms with van der Waals surface area (Å²) in [6.07, 6.45) is -4.36. The molecule has 1 saturated heterocycles. The predicted octanol–water partition coefficient (Wildman–Crippen LogP) is 1.56. The Labute approximate surface area is 127 Å². The molecule has 1 unspecified atom stereocenters. The van der Waals surface area contributed by atoms with E-state index in [1.54, 1.807) is 31.2 Å². The molecule has 1 aromatic rings. The van der Waals surface area contributed by atoms with E-state index < -0.39 is 24.7 Å². The number of rotatable bonds is 4. The summed E-state index contributed by atoms with van der Waals surface area (Å²) in [5.74, 6) is -0.470. The Morgan fingerprint density at radius 1 is 1.32 bits per heavy atom. The van der Waals surface area contributed by atoms with Gasteiger partial charge in [0.2, 0.25) is 0 Å². The molecule has 1 amide bonds. The fourth-order valence-electron chi connectivity index (χ4n) is 2.56. The van der Waals surface area contributed by atoms with Crippen LogP contribution in [0, 0.1) is 6.92 Å². The van der Waals surface area contributed by atoms with Gasteiger partial charge >= 0.3 is 6.18 Å². The molecule has 0 aliphatic carbocycles. The first-order valence-electron chi connectivity index (χ1n) is 7.25. The monoisotopic (exact) mass is 315 g/mol. The number of amides is 1. The van der Waals surface area contributed by atoms with E-state index in [0.29, 0.717) is 31.7 Å². The number of carbonyl (C=O) groups is 1. The Balaban J connectivity index is 2.02. The van der Waals surface area contributed by atoms with E-state index in [0.717, 1.165) is 5.56 Å². The van der Waals surface area contributed by atoms with Crippen molar-refractivity contribution in [1.82, 2.24) is 15.5 Å². The molecule has 0 saturated carbocycles. The van der Waals surface area contributed by atoms with E-state index in [4.69, 9.17) is 0 Å². The van der Waals surface area contributed by atoms with Crippen molar-refractivity contribution >= 4 is 5.91 Å². The number of halogens is 3. The molecule has 2 rings (SSSR count). The topological polar surface area (TPSA) is 44.4 Å². The van der Waals surface area contributed by atoms with Gasteiger partial charge in [0.25, 0.3) is 5.91 Å². The molecule has 22 heavy (non-hydrogen) atoms. The molecule has 122 valence electrons. The van der Waals surface area contributed by atoms with E-state index in [9.17, 15) is 18.0 Å². The number of piperazine rings is 1. The van der Waals surface area contributed by atoms with Crippen molar-refractivity contribution in [3.63, 3.8) is 0 Å². The molecule has 0 radical (unpaired) electrons. The number of hydrogen-bond acceptors (Lipinski definition) is 3. The van der Waals surface area contributed by atoms with Gasteiger partial charge in [-0.2, -0.15) is 13.2 Å². The Bertz CT molecular complexity index is 513. The van der Waals surface area contributed by atoms with Gasteiger partial charge in [-0.15, -0.1) is 0 Å². The average Bonchev–Trinajstić information content (AvgIpc) is 2.47. The fraction of sp³-hybridized carbons (Fsp3) is 0.533. The summed E-state index contributed by atoms with van der Waals surface area (Å²) in [7, 11) is 0. The molecule has 0 bridgehead atoms. The van der Waals surface area contributed by atoms with Crippen LogP contribution in [-0.4, -0.2) is 55.7 Å². The Kier molecular flexibility index (Phi) is 5.42. The molecule has 0 spiro atoms. The number of nitrogens with one attached hydrogen (secondary N) is 2. The highest BCUT2D eigenvalue weighted by Crippen LogP contribution is 2.24. The largest absolute Gasteiger partial charge is 0.405 e. The lowest BCUT2D eigenvalue weighted by Gasteiger charge is -2.35. The van der Waals surface area contributed by atoms with Gasteiger partial charge in [-0.05, 0) is 18.6 Å². The zero-order valence-corrected chi connectivity index (χ0v) is 12.4. The minimum absolute atomic E-state index is 0.324. The standard InChI is InChI=1S/C15H20F3N3O/c1-11-4-2-3-5-12(11)14(22)20-10-13(15(16,17)18)21-8-6-19-7-9-21/h2-5,13,19H,6-10H2,1H3,(H,20,22). The highest BCUT2D eigenvalue weighted by molar-refractivity contribution is 5.95. The van der Waals surface area contributed by atoms with E-state index >= 15 is 0 Å². The summed E-state index contributed by atoms with van der Waals surface area (Å²) in [4.78, 5) is 13.4. The molecule has 1 heterocycles. The lowest BCUT2D eigenvalue weighted by Crippen LogP contribution is -2.57. The van der Waals surface area contributed by atoms with Gasteiger partial charge in [0, 0.05) is 38.3 Å². The third-order valence-electron chi connectivity index (χ3n) is 3.82. The number of carbonyl (C=O) groups excluding carboxylic acids is 1. The molecule has 1 fully saturated rings. The minimum atomic E-state index is -4.36. The van der Waals surface area contributed by atoms with Crippen LogP contribution in [0.25, 0.3) is 0 Å². The maximum Gasteiger partial charge on any atom is 0.405 e. The molecule has 4 nitrogen and oxygen atoms in total. The SMILES string of the molecule is Cc1ccccc1C(=O)NCC(N1CCNCC1)C(F)(F)F. The molecule has 7 heteroatoms. The quantitative estimate of drug-likeness (QED) is 0.886. The van der Waals surface area contributed by atoms with Gasteiger partial charge in [0.05, 0.1) is 0 Å². The van der Waals surface area contributed by atoms with Crippen LogP contribution in [-0.2, 0) is 0 Å². The second-order valence-corrected chi connectivity index (χ2v) is 5.37. The van der Waals surface area contributed by atoms with Gasteiger partial charge in [-0.1, -0.05) is 18.2 Å². The second-order valence-electron chi connectivity index (χ2n) is 5.37. The summed E-state index contributed by atoms with van der Waals surface area (Å²) in [5.41, 5.74) is 1.15. The highest BCUT2D eigenvalue weighted by Gasteiger charge is 2.43. The highest BCUT2D eigenvalue weighted by atomic mass is 19.4.